The minimum atomic E-state index is 0.337. The van der Waals surface area contributed by atoms with Crippen LogP contribution in [0, 0.1) is 0 Å². The van der Waals surface area contributed by atoms with Gasteiger partial charge in [0, 0.05) is 23.6 Å². The molecule has 1 aromatic carbocycles. The lowest BCUT2D eigenvalue weighted by atomic mass is 10.2. The number of nitrogens with zero attached hydrogens (tertiary/aromatic N) is 4. The van der Waals surface area contributed by atoms with E-state index in [0.717, 1.165) is 33.7 Å². The predicted octanol–water partition coefficient (Wildman–Crippen LogP) is 2.23. The summed E-state index contributed by atoms with van der Waals surface area (Å²) in [6.07, 6.45) is 0. The van der Waals surface area contributed by atoms with Crippen LogP contribution in [0.1, 0.15) is 11.0 Å². The van der Waals surface area contributed by atoms with Gasteiger partial charge in [0.25, 0.3) is 0 Å². The van der Waals surface area contributed by atoms with Crippen LogP contribution in [-0.2, 0) is 0 Å². The summed E-state index contributed by atoms with van der Waals surface area (Å²) in [5, 5.41) is 17.8. The lowest BCUT2D eigenvalue weighted by molar-refractivity contribution is 0.584. The van der Waals surface area contributed by atoms with Gasteiger partial charge in [-0.25, -0.2) is 0 Å². The molecule has 0 radical (unpaired) electrons. The Hall–Kier alpha value is -1.44. The molecule has 1 unspecified atom stereocenters. The molecule has 0 bridgehead atoms. The van der Waals surface area contributed by atoms with Gasteiger partial charge in [-0.15, -0.1) is 10.2 Å². The molecule has 0 amide bonds. The lowest BCUT2D eigenvalue weighted by Crippen LogP contribution is -2.30. The van der Waals surface area contributed by atoms with Gasteiger partial charge in [-0.2, -0.15) is 21.4 Å². The van der Waals surface area contributed by atoms with Gasteiger partial charge >= 0.3 is 0 Å². The van der Waals surface area contributed by atoms with Gasteiger partial charge in [-0.05, 0) is 0 Å². The Bertz CT molecular complexity index is 715. The van der Waals surface area contributed by atoms with Gasteiger partial charge in [-0.3, -0.25) is 0 Å². The largest absolute Gasteiger partial charge is 0.306 e. The van der Waals surface area contributed by atoms with E-state index in [1.807, 2.05) is 46.6 Å². The van der Waals surface area contributed by atoms with Crippen molar-refractivity contribution in [2.24, 2.45) is 0 Å². The molecule has 0 aliphatic carbocycles. The summed E-state index contributed by atoms with van der Waals surface area (Å²) in [6.45, 7) is 1.04. The topological polar surface area (TPSA) is 55.1 Å². The van der Waals surface area contributed by atoms with E-state index in [1.54, 1.807) is 11.3 Å². The van der Waals surface area contributed by atoms with Crippen molar-refractivity contribution in [3.05, 3.63) is 35.3 Å². The van der Waals surface area contributed by atoms with Crippen LogP contribution in [0.4, 0.5) is 0 Å². The number of benzene rings is 1. The van der Waals surface area contributed by atoms with E-state index in [-0.39, 0.29) is 0 Å². The van der Waals surface area contributed by atoms with Gasteiger partial charge in [0.05, 0.1) is 6.04 Å². The number of fused-ring (bicyclic) bond motifs is 1. The first-order chi connectivity index (χ1) is 9.92. The molecule has 4 rings (SSSR count). The zero-order valence-corrected chi connectivity index (χ0v) is 12.3. The smallest absolute Gasteiger partial charge is 0.235 e. The zero-order valence-electron chi connectivity index (χ0n) is 10.7. The molecular formula is C13H13N5S2. The Morgan fingerprint density at radius 3 is 2.90 bits per heavy atom. The quantitative estimate of drug-likeness (QED) is 0.787. The molecule has 0 spiro atoms. The Labute approximate surface area is 124 Å². The van der Waals surface area contributed by atoms with E-state index in [4.69, 9.17) is 5.10 Å². The molecule has 3 aromatic rings. The average Bonchev–Trinajstić information content (AvgIpc) is 3.09. The van der Waals surface area contributed by atoms with Gasteiger partial charge in [-0.1, -0.05) is 41.7 Å². The minimum absolute atomic E-state index is 0.337. The standard InChI is InChI=1S/C13H13N5S2/c1-2-4-9(5-3-1)11-15-16-13-18(11)17-12(20-13)10-8-19-7-6-14-10/h1-5,10,14H,6-8H2. The molecule has 1 N–H and O–H groups in total. The van der Waals surface area contributed by atoms with E-state index in [9.17, 15) is 0 Å². The van der Waals surface area contributed by atoms with Crippen LogP contribution in [0.3, 0.4) is 0 Å². The van der Waals surface area contributed by atoms with Gasteiger partial charge in [0.2, 0.25) is 4.96 Å². The monoisotopic (exact) mass is 303 g/mol. The highest BCUT2D eigenvalue weighted by molar-refractivity contribution is 7.99. The van der Waals surface area contributed by atoms with Crippen molar-refractivity contribution < 1.29 is 0 Å². The summed E-state index contributed by atoms with van der Waals surface area (Å²) < 4.78 is 1.86. The van der Waals surface area contributed by atoms with Crippen molar-refractivity contribution in [3.63, 3.8) is 0 Å². The number of thioether (sulfide) groups is 1. The van der Waals surface area contributed by atoms with Crippen LogP contribution in [0.25, 0.3) is 16.3 Å². The molecule has 5 nitrogen and oxygen atoms in total. The van der Waals surface area contributed by atoms with Gasteiger partial charge < -0.3 is 5.32 Å². The summed E-state index contributed by atoms with van der Waals surface area (Å²) in [7, 11) is 0. The first-order valence-electron chi connectivity index (χ1n) is 6.50. The summed E-state index contributed by atoms with van der Waals surface area (Å²) in [5.74, 6) is 3.06. The molecule has 7 heteroatoms. The highest BCUT2D eigenvalue weighted by Gasteiger charge is 2.21. The molecule has 1 aliphatic heterocycles. The van der Waals surface area contributed by atoms with E-state index in [0.29, 0.717) is 6.04 Å². The minimum Gasteiger partial charge on any atom is -0.306 e. The lowest BCUT2D eigenvalue weighted by Gasteiger charge is -2.20. The highest BCUT2D eigenvalue weighted by atomic mass is 32.2. The molecule has 1 atom stereocenters. The summed E-state index contributed by atoms with van der Waals surface area (Å²) in [6, 6.07) is 10.4. The Kier molecular flexibility index (Phi) is 3.17. The fourth-order valence-corrected chi connectivity index (χ4v) is 4.22. The number of rotatable bonds is 2. The molecule has 1 aliphatic rings. The van der Waals surface area contributed by atoms with Gasteiger partial charge in [0.15, 0.2) is 5.82 Å². The second-order valence-corrected chi connectivity index (χ2v) is 6.74. The van der Waals surface area contributed by atoms with Crippen molar-refractivity contribution >= 4 is 28.1 Å². The number of aromatic nitrogens is 4. The van der Waals surface area contributed by atoms with Crippen molar-refractivity contribution in [2.45, 2.75) is 6.04 Å². The third-order valence-electron chi connectivity index (χ3n) is 3.26. The van der Waals surface area contributed by atoms with Crippen molar-refractivity contribution in [1.82, 2.24) is 25.1 Å². The molecule has 20 heavy (non-hydrogen) atoms. The highest BCUT2D eigenvalue weighted by Crippen LogP contribution is 2.27. The summed E-state index contributed by atoms with van der Waals surface area (Å²) in [4.78, 5) is 0.858. The maximum atomic E-state index is 4.71. The molecule has 3 heterocycles. The van der Waals surface area contributed by atoms with E-state index >= 15 is 0 Å². The summed E-state index contributed by atoms with van der Waals surface area (Å²) in [5.41, 5.74) is 1.04. The van der Waals surface area contributed by atoms with Crippen molar-refractivity contribution in [3.8, 4) is 11.4 Å². The maximum absolute atomic E-state index is 4.71. The molecule has 102 valence electrons. The first-order valence-corrected chi connectivity index (χ1v) is 8.47. The Balaban J connectivity index is 1.75. The molecule has 1 saturated heterocycles. The predicted molar refractivity (Wildman–Crippen MR) is 82.2 cm³/mol. The third-order valence-corrected chi connectivity index (χ3v) is 5.33. The zero-order chi connectivity index (χ0) is 13.4. The van der Waals surface area contributed by atoms with Crippen molar-refractivity contribution in [1.29, 1.82) is 0 Å². The van der Waals surface area contributed by atoms with Crippen LogP contribution in [0.2, 0.25) is 0 Å². The van der Waals surface area contributed by atoms with Crippen LogP contribution in [0.5, 0.6) is 0 Å². The second-order valence-electron chi connectivity index (χ2n) is 4.61. The fourth-order valence-electron chi connectivity index (χ4n) is 2.26. The first kappa shape index (κ1) is 12.3. The Morgan fingerprint density at radius 2 is 2.10 bits per heavy atom. The van der Waals surface area contributed by atoms with Crippen molar-refractivity contribution in [2.75, 3.05) is 18.1 Å². The molecule has 2 aromatic heterocycles. The molecule has 0 saturated carbocycles. The third kappa shape index (κ3) is 2.11. The van der Waals surface area contributed by atoms with E-state index in [1.165, 1.54) is 5.75 Å². The average molecular weight is 303 g/mol. The van der Waals surface area contributed by atoms with Crippen LogP contribution >= 0.6 is 23.1 Å². The fraction of sp³-hybridized carbons (Fsp3) is 0.308. The maximum Gasteiger partial charge on any atom is 0.235 e. The number of hydrogen-bond acceptors (Lipinski definition) is 6. The van der Waals surface area contributed by atoms with E-state index < -0.39 is 0 Å². The van der Waals surface area contributed by atoms with Crippen LogP contribution < -0.4 is 5.32 Å². The number of hydrogen-bond donors (Lipinski definition) is 1. The number of nitrogens with one attached hydrogen (secondary N) is 1. The normalized spacial score (nSPS) is 19.5. The molecule has 1 fully saturated rings. The Morgan fingerprint density at radius 1 is 1.20 bits per heavy atom. The van der Waals surface area contributed by atoms with E-state index in [2.05, 4.69) is 15.5 Å². The second kappa shape index (κ2) is 5.16. The molecular weight excluding hydrogens is 290 g/mol. The SMILES string of the molecule is c1ccc(-c2nnc3sc(C4CSCCN4)nn23)cc1. The van der Waals surface area contributed by atoms with Gasteiger partial charge in [0.1, 0.15) is 5.01 Å². The van der Waals surface area contributed by atoms with Crippen LogP contribution in [-0.4, -0.2) is 37.9 Å². The summed E-state index contributed by atoms with van der Waals surface area (Å²) >= 11 is 3.59. The van der Waals surface area contributed by atoms with Crippen LogP contribution in [0.15, 0.2) is 30.3 Å².